The van der Waals surface area contributed by atoms with Crippen LogP contribution in [0.3, 0.4) is 0 Å². The van der Waals surface area contributed by atoms with Crippen molar-refractivity contribution in [1.29, 1.82) is 0 Å². The van der Waals surface area contributed by atoms with Gasteiger partial charge in [-0.2, -0.15) is 0 Å². The first kappa shape index (κ1) is 11.5. The lowest BCUT2D eigenvalue weighted by atomic mass is 9.80. The molecule has 1 aliphatic carbocycles. The molecular formula is C15H11ClO2. The molecule has 0 spiro atoms. The molecule has 2 aromatic carbocycles. The normalized spacial score (nSPS) is 15.0. The highest BCUT2D eigenvalue weighted by molar-refractivity contribution is 6.66. The van der Waals surface area contributed by atoms with E-state index in [4.69, 9.17) is 11.6 Å². The molecule has 2 nitrogen and oxygen atoms in total. The van der Waals surface area contributed by atoms with E-state index in [9.17, 15) is 9.90 Å². The van der Waals surface area contributed by atoms with Gasteiger partial charge in [-0.3, -0.25) is 4.79 Å². The maximum Gasteiger partial charge on any atom is 0.239 e. The van der Waals surface area contributed by atoms with Crippen molar-refractivity contribution in [1.82, 2.24) is 0 Å². The lowest BCUT2D eigenvalue weighted by molar-refractivity contribution is -0.116. The van der Waals surface area contributed by atoms with Crippen molar-refractivity contribution in [2.75, 3.05) is 6.61 Å². The summed E-state index contributed by atoms with van der Waals surface area (Å²) in [5.41, 5.74) is 2.39. The van der Waals surface area contributed by atoms with E-state index < -0.39 is 10.7 Å². The van der Waals surface area contributed by atoms with Crippen LogP contribution < -0.4 is 0 Å². The zero-order valence-electron chi connectivity index (χ0n) is 9.56. The molecule has 0 unspecified atom stereocenters. The molecule has 0 atom stereocenters. The van der Waals surface area contributed by atoms with Gasteiger partial charge in [0, 0.05) is 0 Å². The minimum Gasteiger partial charge on any atom is -0.395 e. The summed E-state index contributed by atoms with van der Waals surface area (Å²) in [4.78, 5) is 11.9. The average Bonchev–Trinajstić information content (AvgIpc) is 2.70. The van der Waals surface area contributed by atoms with Crippen molar-refractivity contribution in [2.24, 2.45) is 0 Å². The maximum absolute atomic E-state index is 11.9. The van der Waals surface area contributed by atoms with Gasteiger partial charge in [0.25, 0.3) is 0 Å². The van der Waals surface area contributed by atoms with Crippen molar-refractivity contribution in [2.45, 2.75) is 5.41 Å². The predicted molar refractivity (Wildman–Crippen MR) is 70.6 cm³/mol. The lowest BCUT2D eigenvalue weighted by Crippen LogP contribution is -2.36. The molecule has 0 aliphatic heterocycles. The van der Waals surface area contributed by atoms with Crippen molar-refractivity contribution in [3.05, 3.63) is 59.7 Å². The van der Waals surface area contributed by atoms with Crippen molar-refractivity contribution in [3.63, 3.8) is 0 Å². The Morgan fingerprint density at radius 3 is 1.83 bits per heavy atom. The molecule has 0 fully saturated rings. The molecular weight excluding hydrogens is 248 g/mol. The van der Waals surface area contributed by atoms with Crippen molar-refractivity contribution >= 4 is 16.8 Å². The summed E-state index contributed by atoms with van der Waals surface area (Å²) in [6, 6.07) is 15.2. The first-order valence-corrected chi connectivity index (χ1v) is 6.10. The highest BCUT2D eigenvalue weighted by Crippen LogP contribution is 2.49. The van der Waals surface area contributed by atoms with E-state index in [0.29, 0.717) is 0 Å². The highest BCUT2D eigenvalue weighted by atomic mass is 35.5. The summed E-state index contributed by atoms with van der Waals surface area (Å²) >= 11 is 5.80. The zero-order valence-corrected chi connectivity index (χ0v) is 10.3. The summed E-state index contributed by atoms with van der Waals surface area (Å²) in [7, 11) is 0. The van der Waals surface area contributed by atoms with Crippen LogP contribution in [0.15, 0.2) is 48.5 Å². The average molecular weight is 259 g/mol. The van der Waals surface area contributed by atoms with E-state index in [0.717, 1.165) is 22.3 Å². The van der Waals surface area contributed by atoms with Gasteiger partial charge in [-0.25, -0.2) is 0 Å². The number of aliphatic hydroxyl groups excluding tert-OH is 1. The Hall–Kier alpha value is -1.64. The van der Waals surface area contributed by atoms with Crippen LogP contribution in [-0.4, -0.2) is 17.0 Å². The number of carbonyl (C=O) groups excluding carboxylic acids is 1. The van der Waals surface area contributed by atoms with Gasteiger partial charge in [0.15, 0.2) is 0 Å². The fourth-order valence-electron chi connectivity index (χ4n) is 2.77. The smallest absolute Gasteiger partial charge is 0.239 e. The van der Waals surface area contributed by atoms with E-state index in [-0.39, 0.29) is 6.61 Å². The molecule has 0 saturated heterocycles. The van der Waals surface area contributed by atoms with Gasteiger partial charge in [0.2, 0.25) is 5.24 Å². The molecule has 18 heavy (non-hydrogen) atoms. The molecule has 0 saturated carbocycles. The third-order valence-corrected chi connectivity index (χ3v) is 3.96. The number of benzene rings is 2. The van der Waals surface area contributed by atoms with Crippen LogP contribution in [0.1, 0.15) is 11.1 Å². The Labute approximate surface area is 110 Å². The van der Waals surface area contributed by atoms with Crippen molar-refractivity contribution < 1.29 is 9.90 Å². The Kier molecular flexibility index (Phi) is 2.51. The molecule has 1 N–H and O–H groups in total. The van der Waals surface area contributed by atoms with Crippen LogP contribution in [-0.2, 0) is 10.2 Å². The molecule has 2 aromatic rings. The summed E-state index contributed by atoms with van der Waals surface area (Å²) in [5.74, 6) is 0. The zero-order chi connectivity index (χ0) is 12.8. The third-order valence-electron chi connectivity index (χ3n) is 3.64. The van der Waals surface area contributed by atoms with E-state index in [1.807, 2.05) is 48.5 Å². The predicted octanol–water partition coefficient (Wildman–Crippen LogP) is 2.71. The van der Waals surface area contributed by atoms with E-state index in [1.54, 1.807) is 0 Å². The SMILES string of the molecule is O=C(Cl)C1(CO)c2ccccc2-c2ccccc21. The fourth-order valence-corrected chi connectivity index (χ4v) is 3.03. The number of hydrogen-bond acceptors (Lipinski definition) is 2. The molecule has 0 aromatic heterocycles. The standard InChI is InChI=1S/C15H11ClO2/c16-14(18)15(9-17)12-7-3-1-5-10(12)11-6-2-4-8-13(11)15/h1-8,17H,9H2. The highest BCUT2D eigenvalue weighted by Gasteiger charge is 2.47. The Morgan fingerprint density at radius 2 is 1.44 bits per heavy atom. The molecule has 3 heteroatoms. The van der Waals surface area contributed by atoms with Crippen molar-refractivity contribution in [3.8, 4) is 11.1 Å². The van der Waals surface area contributed by atoms with E-state index in [1.165, 1.54) is 0 Å². The summed E-state index contributed by atoms with van der Waals surface area (Å²) in [5, 5.41) is 9.24. The van der Waals surface area contributed by atoms with Crippen LogP contribution in [0.25, 0.3) is 11.1 Å². The maximum atomic E-state index is 11.9. The Morgan fingerprint density at radius 1 is 1.00 bits per heavy atom. The molecule has 90 valence electrons. The second-order valence-corrected chi connectivity index (χ2v) is 4.77. The molecule has 1 aliphatic rings. The van der Waals surface area contributed by atoms with Gasteiger partial charge in [0.1, 0.15) is 5.41 Å². The minimum atomic E-state index is -1.12. The van der Waals surface area contributed by atoms with Gasteiger partial charge in [-0.1, -0.05) is 48.5 Å². The van der Waals surface area contributed by atoms with Crippen LogP contribution in [0.5, 0.6) is 0 Å². The topological polar surface area (TPSA) is 37.3 Å². The molecule has 0 amide bonds. The van der Waals surface area contributed by atoms with Crippen LogP contribution in [0.4, 0.5) is 0 Å². The van der Waals surface area contributed by atoms with Crippen LogP contribution in [0, 0.1) is 0 Å². The van der Waals surface area contributed by atoms with Gasteiger partial charge < -0.3 is 5.11 Å². The summed E-state index contributed by atoms with van der Waals surface area (Å²) in [6.07, 6.45) is 0. The fraction of sp³-hybridized carbons (Fsp3) is 0.133. The largest absolute Gasteiger partial charge is 0.395 e. The van der Waals surface area contributed by atoms with Gasteiger partial charge >= 0.3 is 0 Å². The molecule has 0 radical (unpaired) electrons. The molecule has 3 rings (SSSR count). The quantitative estimate of drug-likeness (QED) is 0.841. The number of hydrogen-bond donors (Lipinski definition) is 1. The number of rotatable bonds is 2. The van der Waals surface area contributed by atoms with E-state index in [2.05, 4.69) is 0 Å². The second kappa shape index (κ2) is 3.94. The second-order valence-electron chi connectivity index (χ2n) is 4.43. The van der Waals surface area contributed by atoms with Crippen LogP contribution >= 0.6 is 11.6 Å². The minimum absolute atomic E-state index is 0.316. The van der Waals surface area contributed by atoms with Gasteiger partial charge in [0.05, 0.1) is 6.61 Å². The third kappa shape index (κ3) is 1.25. The number of carbonyl (C=O) groups is 1. The first-order valence-electron chi connectivity index (χ1n) is 5.72. The van der Waals surface area contributed by atoms with E-state index >= 15 is 0 Å². The summed E-state index contributed by atoms with van der Waals surface area (Å²) < 4.78 is 0. The van der Waals surface area contributed by atoms with Crippen LogP contribution in [0.2, 0.25) is 0 Å². The number of aliphatic hydroxyl groups is 1. The number of fused-ring (bicyclic) bond motifs is 3. The number of halogens is 1. The first-order chi connectivity index (χ1) is 8.71. The molecule has 0 bridgehead atoms. The monoisotopic (exact) mass is 258 g/mol. The summed E-state index contributed by atoms with van der Waals surface area (Å²) in [6.45, 7) is -0.316. The van der Waals surface area contributed by atoms with Gasteiger partial charge in [-0.05, 0) is 33.9 Å². The molecule has 0 heterocycles. The lowest BCUT2D eigenvalue weighted by Gasteiger charge is -2.25. The Bertz CT molecular complexity index is 588. The van der Waals surface area contributed by atoms with Gasteiger partial charge in [-0.15, -0.1) is 0 Å². The Balaban J connectivity index is 2.43.